The largest absolute Gasteiger partial charge is 0.456 e. The van der Waals surface area contributed by atoms with Crippen LogP contribution in [0, 0.1) is 13.8 Å². The van der Waals surface area contributed by atoms with Gasteiger partial charge in [0.2, 0.25) is 0 Å². The number of para-hydroxylation sites is 1. The average Bonchev–Trinajstić information content (AvgIpc) is 4.05. The van der Waals surface area contributed by atoms with Crippen molar-refractivity contribution in [2.45, 2.75) is 26.2 Å². The van der Waals surface area contributed by atoms with Crippen LogP contribution in [0.5, 0.6) is 0 Å². The minimum absolute atomic E-state index is 0.506. The molecule has 1 aliphatic rings. The lowest BCUT2D eigenvalue weighted by atomic mass is 9.73. The molecular weight excluding hydrogens is 839 g/mol. The maximum atomic E-state index is 6.67. The second-order valence-electron chi connectivity index (χ2n) is 19.0. The van der Waals surface area contributed by atoms with Crippen LogP contribution in [0.25, 0.3) is 98.8 Å². The highest BCUT2D eigenvalue weighted by atomic mass is 16.3. The van der Waals surface area contributed by atoms with Crippen LogP contribution in [0.1, 0.15) is 34.7 Å². The Morgan fingerprint density at radius 2 is 1.03 bits per heavy atom. The van der Waals surface area contributed by atoms with Gasteiger partial charge in [-0.2, -0.15) is 0 Å². The summed E-state index contributed by atoms with van der Waals surface area (Å²) in [5, 5.41) is 9.37. The first-order valence-corrected chi connectivity index (χ1v) is 23.9. The van der Waals surface area contributed by atoms with E-state index in [4.69, 9.17) is 8.83 Å². The number of nitrogens with zero attached hydrogens (tertiary/aromatic N) is 1. The van der Waals surface area contributed by atoms with E-state index in [0.717, 1.165) is 61.1 Å². The van der Waals surface area contributed by atoms with Gasteiger partial charge in [0.1, 0.15) is 22.3 Å². The molecule has 1 aliphatic carbocycles. The van der Waals surface area contributed by atoms with E-state index < -0.39 is 5.41 Å². The van der Waals surface area contributed by atoms with Crippen molar-refractivity contribution in [1.29, 1.82) is 0 Å². The van der Waals surface area contributed by atoms with Gasteiger partial charge < -0.3 is 13.7 Å². The predicted molar refractivity (Wildman–Crippen MR) is 288 cm³/mol. The van der Waals surface area contributed by atoms with Crippen molar-refractivity contribution >= 4 is 82.5 Å². The van der Waals surface area contributed by atoms with E-state index in [2.05, 4.69) is 238 Å². The topological polar surface area (TPSA) is 29.5 Å². The van der Waals surface area contributed by atoms with Gasteiger partial charge in [-0.3, -0.25) is 0 Å². The highest BCUT2D eigenvalue weighted by Gasteiger charge is 2.43. The molecule has 0 saturated carbocycles. The van der Waals surface area contributed by atoms with Gasteiger partial charge in [0, 0.05) is 32.9 Å². The maximum Gasteiger partial charge on any atom is 0.137 e. The van der Waals surface area contributed by atoms with Crippen LogP contribution in [0.3, 0.4) is 0 Å². The smallest absolute Gasteiger partial charge is 0.137 e. The summed E-state index contributed by atoms with van der Waals surface area (Å²) in [6, 6.07) is 79.8. The zero-order chi connectivity index (χ0) is 46.0. The number of fused-ring (bicyclic) bond motifs is 13. The number of benzene rings is 11. The molecule has 0 saturated heterocycles. The molecule has 0 aliphatic heterocycles. The zero-order valence-corrected chi connectivity index (χ0v) is 38.5. The highest BCUT2D eigenvalue weighted by molar-refractivity contribution is 6.20. The third kappa shape index (κ3) is 5.80. The normalized spacial score (nSPS) is 14.4. The summed E-state index contributed by atoms with van der Waals surface area (Å²) in [6.45, 7) is 6.86. The Bertz CT molecular complexity index is 4250. The molecule has 14 rings (SSSR count). The van der Waals surface area contributed by atoms with Crippen molar-refractivity contribution in [1.82, 2.24) is 0 Å². The number of aryl methyl sites for hydroxylation is 2. The van der Waals surface area contributed by atoms with Gasteiger partial charge in [0.15, 0.2) is 0 Å². The van der Waals surface area contributed by atoms with Crippen LogP contribution in [-0.2, 0) is 5.41 Å². The molecule has 326 valence electrons. The van der Waals surface area contributed by atoms with E-state index in [1.165, 1.54) is 82.6 Å². The van der Waals surface area contributed by atoms with E-state index >= 15 is 0 Å². The molecule has 3 heteroatoms. The first-order chi connectivity index (χ1) is 33.9. The van der Waals surface area contributed by atoms with Gasteiger partial charge in [-0.05, 0) is 170 Å². The zero-order valence-electron chi connectivity index (χ0n) is 38.5. The quantitative estimate of drug-likeness (QED) is 0.167. The van der Waals surface area contributed by atoms with E-state index in [9.17, 15) is 0 Å². The Kier molecular flexibility index (Phi) is 8.54. The molecule has 0 N–H and O–H groups in total. The number of furan rings is 2. The Morgan fingerprint density at radius 3 is 1.87 bits per heavy atom. The molecule has 3 nitrogen and oxygen atoms in total. The Labute approximate surface area is 400 Å². The predicted octanol–water partition coefficient (Wildman–Crippen LogP) is 18.5. The molecule has 2 aromatic heterocycles. The third-order valence-corrected chi connectivity index (χ3v) is 15.2. The minimum Gasteiger partial charge on any atom is -0.456 e. The number of anilines is 3. The highest BCUT2D eigenvalue weighted by Crippen LogP contribution is 2.58. The van der Waals surface area contributed by atoms with E-state index in [1.807, 2.05) is 6.07 Å². The molecule has 2 heterocycles. The summed E-state index contributed by atoms with van der Waals surface area (Å²) in [5.74, 6) is 0. The van der Waals surface area contributed by atoms with Gasteiger partial charge >= 0.3 is 0 Å². The molecule has 0 fully saturated rings. The van der Waals surface area contributed by atoms with Gasteiger partial charge in [-0.25, -0.2) is 0 Å². The lowest BCUT2D eigenvalue weighted by Gasteiger charge is -2.31. The number of hydrogen-bond donors (Lipinski definition) is 0. The van der Waals surface area contributed by atoms with Crippen molar-refractivity contribution < 1.29 is 8.83 Å². The van der Waals surface area contributed by atoms with Gasteiger partial charge in [-0.1, -0.05) is 152 Å². The van der Waals surface area contributed by atoms with Gasteiger partial charge in [0.05, 0.1) is 11.1 Å². The fraction of sp³-hybridized carbons (Fsp3) is 0.0606. The van der Waals surface area contributed by atoms with Gasteiger partial charge in [0.25, 0.3) is 0 Å². The summed E-state index contributed by atoms with van der Waals surface area (Å²) in [5.41, 5.74) is 19.9. The van der Waals surface area contributed by atoms with Crippen molar-refractivity contribution in [2.75, 3.05) is 4.90 Å². The molecule has 1 unspecified atom stereocenters. The monoisotopic (exact) mass is 883 g/mol. The first-order valence-electron chi connectivity index (χ1n) is 23.9. The summed E-state index contributed by atoms with van der Waals surface area (Å²) in [7, 11) is 0. The van der Waals surface area contributed by atoms with E-state index in [-0.39, 0.29) is 0 Å². The molecule has 0 radical (unpaired) electrons. The van der Waals surface area contributed by atoms with Crippen LogP contribution in [0.4, 0.5) is 17.1 Å². The lowest BCUT2D eigenvalue weighted by Crippen LogP contribution is -2.23. The SMILES string of the molecule is Cc1ccccc1-c1ccc(N(c2ccc3c(c2)C(C)(c2ccccc2)c2cc(-c4ccc5c(c4)oc4ccc6ccccc6c45)c4ccccc4c2-3)c2cccc3oc4ccccc4c23)cc1C. The van der Waals surface area contributed by atoms with Crippen LogP contribution < -0.4 is 4.90 Å². The molecule has 13 aromatic rings. The van der Waals surface area contributed by atoms with Crippen molar-refractivity contribution in [3.05, 3.63) is 246 Å². The van der Waals surface area contributed by atoms with Crippen molar-refractivity contribution in [3.8, 4) is 33.4 Å². The van der Waals surface area contributed by atoms with E-state index in [0.29, 0.717) is 0 Å². The molecule has 69 heavy (non-hydrogen) atoms. The van der Waals surface area contributed by atoms with Crippen LogP contribution in [0.15, 0.2) is 227 Å². The molecular formula is C66H45NO2. The average molecular weight is 884 g/mol. The van der Waals surface area contributed by atoms with Crippen LogP contribution in [0.2, 0.25) is 0 Å². The lowest BCUT2D eigenvalue weighted by molar-refractivity contribution is 0.668. The van der Waals surface area contributed by atoms with Crippen molar-refractivity contribution in [2.24, 2.45) is 0 Å². The third-order valence-electron chi connectivity index (χ3n) is 15.2. The summed E-state index contributed by atoms with van der Waals surface area (Å²) < 4.78 is 13.2. The Balaban J connectivity index is 0.999. The van der Waals surface area contributed by atoms with Gasteiger partial charge in [-0.15, -0.1) is 0 Å². The van der Waals surface area contributed by atoms with Crippen LogP contribution in [-0.4, -0.2) is 0 Å². The fourth-order valence-corrected chi connectivity index (χ4v) is 11.9. The summed E-state index contributed by atoms with van der Waals surface area (Å²) in [6.07, 6.45) is 0. The molecule has 11 aromatic carbocycles. The number of hydrogen-bond acceptors (Lipinski definition) is 3. The number of rotatable bonds is 6. The molecule has 0 bridgehead atoms. The Morgan fingerprint density at radius 1 is 0.377 bits per heavy atom. The second-order valence-corrected chi connectivity index (χ2v) is 19.0. The summed E-state index contributed by atoms with van der Waals surface area (Å²) >= 11 is 0. The maximum absolute atomic E-state index is 6.67. The second kappa shape index (κ2) is 14.9. The van der Waals surface area contributed by atoms with E-state index in [1.54, 1.807) is 0 Å². The molecule has 1 atom stereocenters. The minimum atomic E-state index is -0.506. The van der Waals surface area contributed by atoms with Crippen LogP contribution >= 0.6 is 0 Å². The first kappa shape index (κ1) is 39.5. The summed E-state index contributed by atoms with van der Waals surface area (Å²) in [4.78, 5) is 2.45. The molecule has 0 amide bonds. The standard InChI is InChI=1S/C66H45NO2/c1-40-16-7-9-20-47(40)48-33-30-45(36-41(48)2)67(58-25-15-27-60-65(58)53-24-13-14-26-59(53)68-60)46-31-34-52-56(38-46)66(3,44-18-5-4-6-19-44)57-39-55(50-22-11-12-23-51(50)63(52)57)43-28-32-54-62(37-43)69-61-35-29-42-17-8-10-21-49(42)64(54)61/h4-39H,1-3H3. The van der Waals surface area contributed by atoms with Crippen molar-refractivity contribution in [3.63, 3.8) is 0 Å². The molecule has 0 spiro atoms. The fourth-order valence-electron chi connectivity index (χ4n) is 11.9. The Hall–Kier alpha value is -8.66.